The molecule has 0 fully saturated rings. The molecule has 0 aromatic heterocycles. The Hall–Kier alpha value is -2.20. The number of nitrogen functional groups attached to an aromatic ring is 1. The molecule has 0 unspecified atom stereocenters. The molecule has 0 aliphatic carbocycles. The van der Waals surface area contributed by atoms with Gasteiger partial charge < -0.3 is 15.2 Å². The predicted molar refractivity (Wildman–Crippen MR) is 78.0 cm³/mol. The molecule has 2 N–H and O–H groups in total. The molecule has 0 spiro atoms. The number of benzene rings is 2. The van der Waals surface area contributed by atoms with E-state index in [1.807, 2.05) is 0 Å². The fraction of sp³-hybridized carbons (Fsp3) is 0.133. The van der Waals surface area contributed by atoms with E-state index in [0.29, 0.717) is 22.2 Å². The van der Waals surface area contributed by atoms with E-state index in [4.69, 9.17) is 26.8 Å². The van der Waals surface area contributed by atoms with Gasteiger partial charge in [-0.3, -0.25) is 0 Å². The zero-order valence-electron chi connectivity index (χ0n) is 10.9. The molecule has 2 rings (SSSR count). The van der Waals surface area contributed by atoms with E-state index in [0.717, 1.165) is 0 Å². The molecule has 4 nitrogen and oxygen atoms in total. The molecule has 2 aromatic rings. The van der Waals surface area contributed by atoms with Crippen LogP contribution in [0.4, 0.5) is 5.69 Å². The number of hydrogen-bond donors (Lipinski definition) is 1. The van der Waals surface area contributed by atoms with E-state index in [1.54, 1.807) is 55.5 Å². The minimum Gasteiger partial charge on any atom is -0.479 e. The zero-order chi connectivity index (χ0) is 14.5. The fourth-order valence-corrected chi connectivity index (χ4v) is 1.75. The molecule has 0 saturated carbocycles. The lowest BCUT2D eigenvalue weighted by atomic mass is 10.3. The summed E-state index contributed by atoms with van der Waals surface area (Å²) in [5.41, 5.74) is 6.21. The average Bonchev–Trinajstić information content (AvgIpc) is 2.38. The number of ether oxygens (including phenoxy) is 2. The van der Waals surface area contributed by atoms with Crippen molar-refractivity contribution in [3.63, 3.8) is 0 Å². The molecule has 0 heterocycles. The lowest BCUT2D eigenvalue weighted by Gasteiger charge is -2.14. The third-order valence-electron chi connectivity index (χ3n) is 2.52. The van der Waals surface area contributed by atoms with E-state index in [9.17, 15) is 4.79 Å². The van der Waals surface area contributed by atoms with Crippen molar-refractivity contribution in [2.75, 3.05) is 5.73 Å². The highest BCUT2D eigenvalue weighted by atomic mass is 35.5. The molecule has 1 atom stereocenters. The lowest BCUT2D eigenvalue weighted by Crippen LogP contribution is -2.28. The van der Waals surface area contributed by atoms with Crippen LogP contribution in [0, 0.1) is 0 Å². The van der Waals surface area contributed by atoms with Crippen LogP contribution in [0.15, 0.2) is 48.5 Å². The van der Waals surface area contributed by atoms with Gasteiger partial charge in [-0.1, -0.05) is 23.7 Å². The molecule has 0 aliphatic heterocycles. The van der Waals surface area contributed by atoms with E-state index >= 15 is 0 Å². The first-order valence-electron chi connectivity index (χ1n) is 6.04. The first-order valence-corrected chi connectivity index (χ1v) is 6.42. The van der Waals surface area contributed by atoms with Gasteiger partial charge in [-0.2, -0.15) is 0 Å². The summed E-state index contributed by atoms with van der Waals surface area (Å²) in [5, 5.41) is 0.500. The molecule has 0 radical (unpaired) electrons. The summed E-state index contributed by atoms with van der Waals surface area (Å²) in [4.78, 5) is 11.9. The van der Waals surface area contributed by atoms with Crippen LogP contribution in [0.2, 0.25) is 5.02 Å². The topological polar surface area (TPSA) is 61.5 Å². The molecule has 0 saturated heterocycles. The Kier molecular flexibility index (Phi) is 4.48. The minimum atomic E-state index is -0.754. The van der Waals surface area contributed by atoms with Crippen LogP contribution in [0.5, 0.6) is 11.5 Å². The van der Waals surface area contributed by atoms with Crippen LogP contribution < -0.4 is 15.2 Å². The van der Waals surface area contributed by atoms with E-state index in [-0.39, 0.29) is 0 Å². The Balaban J connectivity index is 1.98. The van der Waals surface area contributed by atoms with Gasteiger partial charge >= 0.3 is 5.97 Å². The maximum atomic E-state index is 11.9. The summed E-state index contributed by atoms with van der Waals surface area (Å²) in [6, 6.07) is 13.5. The average molecular weight is 292 g/mol. The Morgan fingerprint density at radius 3 is 2.55 bits per heavy atom. The van der Waals surface area contributed by atoms with Gasteiger partial charge in [0.25, 0.3) is 0 Å². The standard InChI is InChI=1S/C15H14ClNO3/c1-10(19-14-7-3-5-12(17)9-14)15(18)20-13-6-2-4-11(16)8-13/h2-10H,17H2,1H3/t10-/m0/s1. The third-order valence-corrected chi connectivity index (χ3v) is 2.75. The second-order valence-electron chi connectivity index (χ2n) is 4.21. The van der Waals surface area contributed by atoms with Crippen LogP contribution in [0.1, 0.15) is 6.92 Å². The lowest BCUT2D eigenvalue weighted by molar-refractivity contribution is -0.141. The number of carbonyl (C=O) groups is 1. The number of halogens is 1. The van der Waals surface area contributed by atoms with Gasteiger partial charge in [0.05, 0.1) is 0 Å². The molecule has 2 aromatic carbocycles. The van der Waals surface area contributed by atoms with Gasteiger partial charge in [-0.05, 0) is 37.3 Å². The first kappa shape index (κ1) is 14.2. The Bertz CT molecular complexity index is 616. The Morgan fingerprint density at radius 1 is 1.15 bits per heavy atom. The van der Waals surface area contributed by atoms with Crippen LogP contribution in [0.25, 0.3) is 0 Å². The summed E-state index contributed by atoms with van der Waals surface area (Å²) < 4.78 is 10.7. The van der Waals surface area contributed by atoms with Crippen LogP contribution in [-0.4, -0.2) is 12.1 Å². The SMILES string of the molecule is C[C@H](Oc1cccc(N)c1)C(=O)Oc1cccc(Cl)c1. The van der Waals surface area contributed by atoms with Crippen molar-refractivity contribution < 1.29 is 14.3 Å². The Morgan fingerprint density at radius 2 is 1.85 bits per heavy atom. The molecule has 20 heavy (non-hydrogen) atoms. The minimum absolute atomic E-state index is 0.380. The summed E-state index contributed by atoms with van der Waals surface area (Å²) >= 11 is 5.82. The van der Waals surface area contributed by atoms with Crippen molar-refractivity contribution >= 4 is 23.3 Å². The van der Waals surface area contributed by atoms with E-state index in [2.05, 4.69) is 0 Å². The molecule has 0 aliphatic rings. The number of nitrogens with two attached hydrogens (primary N) is 1. The zero-order valence-corrected chi connectivity index (χ0v) is 11.6. The number of carbonyl (C=O) groups excluding carboxylic acids is 1. The summed E-state index contributed by atoms with van der Waals surface area (Å²) in [7, 11) is 0. The number of hydrogen-bond acceptors (Lipinski definition) is 4. The summed E-state index contributed by atoms with van der Waals surface area (Å²) in [6.07, 6.45) is -0.754. The molecular formula is C15H14ClNO3. The second-order valence-corrected chi connectivity index (χ2v) is 4.65. The number of rotatable bonds is 4. The number of esters is 1. The summed E-state index contributed by atoms with van der Waals surface area (Å²) in [6.45, 7) is 1.61. The highest BCUT2D eigenvalue weighted by Crippen LogP contribution is 2.19. The highest BCUT2D eigenvalue weighted by Gasteiger charge is 2.17. The van der Waals surface area contributed by atoms with Crippen molar-refractivity contribution in [3.05, 3.63) is 53.6 Å². The van der Waals surface area contributed by atoms with Crippen LogP contribution >= 0.6 is 11.6 Å². The van der Waals surface area contributed by atoms with Gasteiger partial charge in [0.1, 0.15) is 11.5 Å². The molecule has 0 bridgehead atoms. The third kappa shape index (κ3) is 3.90. The monoisotopic (exact) mass is 291 g/mol. The second kappa shape index (κ2) is 6.30. The maximum absolute atomic E-state index is 11.9. The fourth-order valence-electron chi connectivity index (χ4n) is 1.57. The predicted octanol–water partition coefficient (Wildman–Crippen LogP) is 3.30. The molecule has 5 heteroatoms. The van der Waals surface area contributed by atoms with Gasteiger partial charge in [0, 0.05) is 16.8 Å². The first-order chi connectivity index (χ1) is 9.54. The smallest absolute Gasteiger partial charge is 0.352 e. The van der Waals surface area contributed by atoms with Crippen LogP contribution in [-0.2, 0) is 4.79 Å². The normalized spacial score (nSPS) is 11.7. The Labute approximate surface area is 122 Å². The van der Waals surface area contributed by atoms with Crippen LogP contribution in [0.3, 0.4) is 0 Å². The van der Waals surface area contributed by atoms with Gasteiger partial charge in [0.2, 0.25) is 0 Å². The van der Waals surface area contributed by atoms with Gasteiger partial charge in [-0.15, -0.1) is 0 Å². The van der Waals surface area contributed by atoms with E-state index < -0.39 is 12.1 Å². The van der Waals surface area contributed by atoms with Crippen molar-refractivity contribution in [2.24, 2.45) is 0 Å². The highest BCUT2D eigenvalue weighted by molar-refractivity contribution is 6.30. The van der Waals surface area contributed by atoms with Crippen molar-refractivity contribution in [1.29, 1.82) is 0 Å². The maximum Gasteiger partial charge on any atom is 0.352 e. The quantitative estimate of drug-likeness (QED) is 0.533. The number of anilines is 1. The largest absolute Gasteiger partial charge is 0.479 e. The van der Waals surface area contributed by atoms with Gasteiger partial charge in [-0.25, -0.2) is 4.79 Å². The van der Waals surface area contributed by atoms with E-state index in [1.165, 1.54) is 0 Å². The van der Waals surface area contributed by atoms with Gasteiger partial charge in [0.15, 0.2) is 6.10 Å². The van der Waals surface area contributed by atoms with Crippen molar-refractivity contribution in [3.8, 4) is 11.5 Å². The summed E-state index contributed by atoms with van der Waals surface area (Å²) in [5.74, 6) is 0.390. The van der Waals surface area contributed by atoms with Crippen molar-refractivity contribution in [2.45, 2.75) is 13.0 Å². The molecule has 0 amide bonds. The molecular weight excluding hydrogens is 278 g/mol. The van der Waals surface area contributed by atoms with Crippen molar-refractivity contribution in [1.82, 2.24) is 0 Å². The molecule has 104 valence electrons.